The Morgan fingerprint density at radius 1 is 0.631 bits per heavy atom. The van der Waals surface area contributed by atoms with Crippen molar-refractivity contribution in [2.24, 2.45) is 11.8 Å². The second-order valence-electron chi connectivity index (χ2n) is 17.4. The summed E-state index contributed by atoms with van der Waals surface area (Å²) in [6.45, 7) is 3.39. The highest BCUT2D eigenvalue weighted by Crippen LogP contribution is 2.36. The van der Waals surface area contributed by atoms with Crippen LogP contribution < -0.4 is 10.6 Å². The first-order valence-corrected chi connectivity index (χ1v) is 22.8. The molecule has 4 atom stereocenters. The lowest BCUT2D eigenvalue weighted by Gasteiger charge is -2.39. The Balaban J connectivity index is 0.868. The summed E-state index contributed by atoms with van der Waals surface area (Å²) in [6.07, 6.45) is 9.37. The molecular formula is C48H57N9O8. The number of aromatic amines is 2. The zero-order valence-electron chi connectivity index (χ0n) is 36.9. The van der Waals surface area contributed by atoms with Gasteiger partial charge in [-0.15, -0.1) is 0 Å². The number of benzene rings is 2. The molecule has 4 unspecified atom stereocenters. The summed E-state index contributed by atoms with van der Waals surface area (Å²) in [6, 6.07) is 16.5. The molecule has 4 aliphatic rings. The molecule has 4 aliphatic heterocycles. The first kappa shape index (κ1) is 43.9. The van der Waals surface area contributed by atoms with Gasteiger partial charge in [-0.1, -0.05) is 36.4 Å². The number of rotatable bonds is 11. The largest absolute Gasteiger partial charge is 0.453 e. The minimum atomic E-state index is -0.695. The van der Waals surface area contributed by atoms with Gasteiger partial charge in [0.25, 0.3) is 0 Å². The Bertz CT molecular complexity index is 2480. The number of imidazole rings is 2. The summed E-state index contributed by atoms with van der Waals surface area (Å²) in [5, 5.41) is 6.62. The maximum Gasteiger partial charge on any atom is 0.407 e. The van der Waals surface area contributed by atoms with Crippen LogP contribution in [0.15, 0.2) is 67.0 Å². The molecular weight excluding hydrogens is 831 g/mol. The highest BCUT2D eigenvalue weighted by atomic mass is 16.5. The lowest BCUT2D eigenvalue weighted by atomic mass is 9.89. The predicted octanol–water partition coefficient (Wildman–Crippen LogP) is 6.70. The van der Waals surface area contributed by atoms with E-state index < -0.39 is 24.3 Å². The molecule has 4 saturated heterocycles. The highest BCUT2D eigenvalue weighted by molar-refractivity contribution is 5.88. The van der Waals surface area contributed by atoms with E-state index in [1.54, 1.807) is 0 Å². The monoisotopic (exact) mass is 887 g/mol. The van der Waals surface area contributed by atoms with Crippen LogP contribution in [0.4, 0.5) is 9.59 Å². The molecule has 65 heavy (non-hydrogen) atoms. The molecule has 0 saturated carbocycles. The molecule has 0 spiro atoms. The van der Waals surface area contributed by atoms with Gasteiger partial charge in [-0.3, -0.25) is 9.59 Å². The first-order chi connectivity index (χ1) is 31.8. The zero-order valence-corrected chi connectivity index (χ0v) is 36.9. The number of methoxy groups -OCH3 is 2. The molecule has 17 heteroatoms. The van der Waals surface area contributed by atoms with Crippen LogP contribution in [0.5, 0.6) is 0 Å². The van der Waals surface area contributed by atoms with Crippen molar-refractivity contribution in [3.05, 3.63) is 78.6 Å². The standard InChI is InChI=1S/C48H57N9O8/c1-62-47(60)54-41(31-16-22-64-23-17-31)45(58)56-20-4-3-6-39(56)43-49-27-37(52-43)30-10-8-29(9-11-30)35-14-12-33-26-34(13-15-36(33)51-35)38-28-50-44(53-38)40-7-5-21-57(40)46(59)42(55-48(61)63-2)32-18-24-65-25-19-32/h8-15,26-28,31-32,39-42H,3-7,16-25H2,1-2H3,(H,49,52)(H,50,53)(H,54,60)(H,55,61). The van der Waals surface area contributed by atoms with Gasteiger partial charge in [0.05, 0.1) is 61.3 Å². The van der Waals surface area contributed by atoms with Crippen molar-refractivity contribution in [1.82, 2.24) is 45.4 Å². The van der Waals surface area contributed by atoms with Crippen molar-refractivity contribution in [1.29, 1.82) is 0 Å². The number of carbonyl (C=O) groups is 4. The topological polar surface area (TPSA) is 206 Å². The Kier molecular flexibility index (Phi) is 13.4. The van der Waals surface area contributed by atoms with Crippen LogP contribution in [0.2, 0.25) is 0 Å². The molecule has 4 amide bonds. The SMILES string of the molecule is COC(=O)NC(C(=O)N1CCCCC1c1ncc(-c2ccc(-c3ccc4cc(-c5cnc(C6CCCN6C(=O)C(NC(=O)OC)C6CCOCC6)[nH]5)ccc4n3)cc2)[nH]1)C1CCOCC1. The number of pyridine rings is 1. The second-order valence-corrected chi connectivity index (χ2v) is 17.4. The quantitative estimate of drug-likeness (QED) is 0.110. The molecule has 9 rings (SSSR count). The van der Waals surface area contributed by atoms with Gasteiger partial charge in [0.1, 0.15) is 23.7 Å². The maximum absolute atomic E-state index is 14.1. The summed E-state index contributed by atoms with van der Waals surface area (Å²) in [7, 11) is 2.62. The highest BCUT2D eigenvalue weighted by Gasteiger charge is 2.41. The van der Waals surface area contributed by atoms with Crippen molar-refractivity contribution < 1.29 is 38.1 Å². The third kappa shape index (κ3) is 9.57. The van der Waals surface area contributed by atoms with Gasteiger partial charge >= 0.3 is 12.2 Å². The minimum Gasteiger partial charge on any atom is -0.453 e. The normalized spacial score (nSPS) is 20.6. The lowest BCUT2D eigenvalue weighted by molar-refractivity contribution is -0.140. The summed E-state index contributed by atoms with van der Waals surface area (Å²) < 4.78 is 20.9. The van der Waals surface area contributed by atoms with E-state index in [1.165, 1.54) is 14.2 Å². The van der Waals surface area contributed by atoms with Crippen molar-refractivity contribution in [3.63, 3.8) is 0 Å². The summed E-state index contributed by atoms with van der Waals surface area (Å²) >= 11 is 0. The number of hydrogen-bond donors (Lipinski definition) is 4. The zero-order chi connectivity index (χ0) is 44.9. The number of likely N-dealkylation sites (tertiary alicyclic amines) is 2. The molecule has 5 aromatic rings. The number of H-pyrrole nitrogens is 2. The van der Waals surface area contributed by atoms with Crippen molar-refractivity contribution >= 4 is 34.9 Å². The number of alkyl carbamates (subject to hydrolysis) is 2. The Labute approximate surface area is 377 Å². The Hall–Kier alpha value is -6.33. The molecule has 0 bridgehead atoms. The summed E-state index contributed by atoms with van der Waals surface area (Å²) in [4.78, 5) is 78.1. The molecule has 0 aliphatic carbocycles. The fourth-order valence-electron chi connectivity index (χ4n) is 9.96. The Morgan fingerprint density at radius 2 is 1.14 bits per heavy atom. The van der Waals surface area contributed by atoms with Crippen molar-refractivity contribution in [3.8, 4) is 33.8 Å². The van der Waals surface area contributed by atoms with Gasteiger partial charge in [-0.05, 0) is 93.4 Å². The van der Waals surface area contributed by atoms with Crippen LogP contribution in [0.25, 0.3) is 44.7 Å². The third-order valence-corrected chi connectivity index (χ3v) is 13.6. The number of hydrogen-bond acceptors (Lipinski definition) is 11. The predicted molar refractivity (Wildman–Crippen MR) is 240 cm³/mol. The molecule has 17 nitrogen and oxygen atoms in total. The van der Waals surface area contributed by atoms with Gasteiger partial charge in [0.2, 0.25) is 11.8 Å². The average Bonchev–Trinajstić information content (AvgIpc) is 4.17. The Morgan fingerprint density at radius 3 is 1.71 bits per heavy atom. The molecule has 342 valence electrons. The van der Waals surface area contributed by atoms with E-state index in [4.69, 9.17) is 33.9 Å². The minimum absolute atomic E-state index is 0.0353. The molecule has 3 aromatic heterocycles. The molecule has 7 heterocycles. The molecule has 4 N–H and O–H groups in total. The van der Waals surface area contributed by atoms with E-state index >= 15 is 0 Å². The van der Waals surface area contributed by atoms with Crippen LogP contribution in [0.1, 0.15) is 81.5 Å². The lowest BCUT2D eigenvalue weighted by Crippen LogP contribution is -2.55. The van der Waals surface area contributed by atoms with Gasteiger partial charge < -0.3 is 49.3 Å². The van der Waals surface area contributed by atoms with Crippen molar-refractivity contribution in [2.45, 2.75) is 82.0 Å². The van der Waals surface area contributed by atoms with Crippen LogP contribution in [0, 0.1) is 11.8 Å². The average molecular weight is 888 g/mol. The third-order valence-electron chi connectivity index (χ3n) is 13.6. The number of aromatic nitrogens is 5. The van der Waals surface area contributed by atoms with Gasteiger partial charge in [-0.2, -0.15) is 0 Å². The number of ether oxygens (including phenoxy) is 4. The van der Waals surface area contributed by atoms with E-state index in [0.29, 0.717) is 71.0 Å². The molecule has 2 aromatic carbocycles. The number of carbonyl (C=O) groups excluding carboxylic acids is 4. The van der Waals surface area contributed by atoms with Gasteiger partial charge in [-0.25, -0.2) is 24.5 Å². The fourth-order valence-corrected chi connectivity index (χ4v) is 9.96. The summed E-state index contributed by atoms with van der Waals surface area (Å²) in [5.74, 6) is 1.13. The molecule has 0 radical (unpaired) electrons. The summed E-state index contributed by atoms with van der Waals surface area (Å²) in [5.41, 5.74) is 6.26. The maximum atomic E-state index is 14.1. The smallest absolute Gasteiger partial charge is 0.407 e. The number of nitrogens with one attached hydrogen (secondary N) is 4. The van der Waals surface area contributed by atoms with Gasteiger partial charge in [0, 0.05) is 56.0 Å². The van der Waals surface area contributed by atoms with Crippen molar-refractivity contribution in [2.75, 3.05) is 53.7 Å². The van der Waals surface area contributed by atoms with Crippen LogP contribution in [-0.4, -0.2) is 125 Å². The van der Waals surface area contributed by atoms with Crippen LogP contribution >= 0.6 is 0 Å². The van der Waals surface area contributed by atoms with E-state index in [-0.39, 0.29) is 35.7 Å². The number of piperidine rings is 1. The number of fused-ring (bicyclic) bond motifs is 1. The number of amides is 4. The van der Waals surface area contributed by atoms with Crippen LogP contribution in [-0.2, 0) is 28.5 Å². The number of nitrogens with zero attached hydrogens (tertiary/aromatic N) is 5. The van der Waals surface area contributed by atoms with E-state index in [0.717, 1.165) is 82.6 Å². The fraction of sp³-hybridized carbons (Fsp3) is 0.479. The van der Waals surface area contributed by atoms with E-state index in [9.17, 15) is 19.2 Å². The van der Waals surface area contributed by atoms with E-state index in [2.05, 4.69) is 32.7 Å². The molecule has 4 fully saturated rings. The first-order valence-electron chi connectivity index (χ1n) is 22.8. The van der Waals surface area contributed by atoms with E-state index in [1.807, 2.05) is 64.7 Å². The second kappa shape index (κ2) is 19.8. The van der Waals surface area contributed by atoms with Gasteiger partial charge in [0.15, 0.2) is 0 Å². The van der Waals surface area contributed by atoms with Crippen LogP contribution in [0.3, 0.4) is 0 Å².